The summed E-state index contributed by atoms with van der Waals surface area (Å²) >= 11 is 0. The molecule has 0 atom stereocenters. The lowest BCUT2D eigenvalue weighted by molar-refractivity contribution is -0.143. The minimum atomic E-state index is -1.20. The molecule has 0 aromatic carbocycles. The molecule has 0 unspecified atom stereocenters. The fourth-order valence-electron chi connectivity index (χ4n) is 1.74. The second-order valence-corrected chi connectivity index (χ2v) is 4.71. The molecule has 0 aromatic rings. The number of carbonyl (C=O) groups excluding carboxylic acids is 3. The van der Waals surface area contributed by atoms with Crippen molar-refractivity contribution >= 4 is 23.8 Å². The van der Waals surface area contributed by atoms with E-state index in [2.05, 4.69) is 5.32 Å². The molecule has 1 saturated heterocycles. The largest absolute Gasteiger partial charge is 0.480 e. The fourth-order valence-corrected chi connectivity index (χ4v) is 1.74. The van der Waals surface area contributed by atoms with Crippen LogP contribution in [0.5, 0.6) is 0 Å². The number of rotatable bonds is 3. The van der Waals surface area contributed by atoms with Crippen LogP contribution in [0.25, 0.3) is 0 Å². The number of carbonyl (C=O) groups is 4. The summed E-state index contributed by atoms with van der Waals surface area (Å²) in [7, 11) is 0. The van der Waals surface area contributed by atoms with E-state index in [0.29, 0.717) is 0 Å². The Labute approximate surface area is 110 Å². The van der Waals surface area contributed by atoms with Gasteiger partial charge in [-0.3, -0.25) is 19.7 Å². The van der Waals surface area contributed by atoms with Crippen molar-refractivity contribution in [3.63, 3.8) is 0 Å². The zero-order valence-electron chi connectivity index (χ0n) is 11.1. The number of imide groups is 1. The van der Waals surface area contributed by atoms with Gasteiger partial charge in [0, 0.05) is 6.54 Å². The normalized spacial score (nSPS) is 17.9. The van der Waals surface area contributed by atoms with E-state index in [4.69, 9.17) is 5.11 Å². The van der Waals surface area contributed by atoms with Gasteiger partial charge in [0.25, 0.3) is 5.91 Å². The number of likely N-dealkylation sites (N-methyl/N-ethyl adjacent to an activating group) is 1. The van der Waals surface area contributed by atoms with Crippen molar-refractivity contribution in [1.29, 1.82) is 0 Å². The molecule has 0 aromatic heterocycles. The number of nitrogens with zero attached hydrogens (tertiary/aromatic N) is 2. The van der Waals surface area contributed by atoms with Crippen molar-refractivity contribution < 1.29 is 24.3 Å². The number of carboxylic acid groups (broad SMARTS) is 1. The molecule has 8 heteroatoms. The Kier molecular flexibility index (Phi) is 4.13. The van der Waals surface area contributed by atoms with Crippen LogP contribution in [0, 0.1) is 0 Å². The van der Waals surface area contributed by atoms with Crippen molar-refractivity contribution in [2.45, 2.75) is 26.3 Å². The Hall–Kier alpha value is -2.12. The molecule has 0 spiro atoms. The average Bonchev–Trinajstić information content (AvgIpc) is 2.30. The lowest BCUT2D eigenvalue weighted by Gasteiger charge is -2.42. The topological polar surface area (TPSA) is 107 Å². The van der Waals surface area contributed by atoms with Gasteiger partial charge in [0.05, 0.1) is 0 Å². The van der Waals surface area contributed by atoms with E-state index < -0.39 is 35.9 Å². The summed E-state index contributed by atoms with van der Waals surface area (Å²) in [5, 5.41) is 10.9. The molecule has 106 valence electrons. The first kappa shape index (κ1) is 14.9. The number of nitrogens with one attached hydrogen (secondary N) is 1. The van der Waals surface area contributed by atoms with Gasteiger partial charge in [0.2, 0.25) is 5.91 Å². The van der Waals surface area contributed by atoms with E-state index in [0.717, 1.165) is 9.80 Å². The zero-order chi connectivity index (χ0) is 14.8. The lowest BCUT2D eigenvalue weighted by Crippen LogP contribution is -2.67. The van der Waals surface area contributed by atoms with E-state index in [1.165, 1.54) is 13.8 Å². The van der Waals surface area contributed by atoms with Crippen molar-refractivity contribution in [3.05, 3.63) is 0 Å². The SMILES string of the molecule is CCN(CC(=O)O)C(=O)N1CC(=O)NC(=O)C1(C)C. The minimum Gasteiger partial charge on any atom is -0.480 e. The Morgan fingerprint density at radius 1 is 1.42 bits per heavy atom. The van der Waals surface area contributed by atoms with Gasteiger partial charge in [-0.2, -0.15) is 0 Å². The second-order valence-electron chi connectivity index (χ2n) is 4.71. The van der Waals surface area contributed by atoms with Crippen LogP contribution in [-0.2, 0) is 14.4 Å². The molecule has 1 aliphatic heterocycles. The average molecular weight is 271 g/mol. The first-order valence-corrected chi connectivity index (χ1v) is 5.82. The summed E-state index contributed by atoms with van der Waals surface area (Å²) in [5.74, 6) is -2.31. The van der Waals surface area contributed by atoms with Crippen LogP contribution in [0.4, 0.5) is 4.79 Å². The Bertz CT molecular complexity index is 432. The van der Waals surface area contributed by atoms with Crippen LogP contribution in [0.15, 0.2) is 0 Å². The van der Waals surface area contributed by atoms with Gasteiger partial charge in [-0.15, -0.1) is 0 Å². The smallest absolute Gasteiger partial charge is 0.323 e. The zero-order valence-corrected chi connectivity index (χ0v) is 11.1. The highest BCUT2D eigenvalue weighted by molar-refractivity contribution is 6.06. The molecule has 1 aliphatic rings. The quantitative estimate of drug-likeness (QED) is 0.657. The van der Waals surface area contributed by atoms with Crippen molar-refractivity contribution in [2.24, 2.45) is 0 Å². The maximum Gasteiger partial charge on any atom is 0.323 e. The van der Waals surface area contributed by atoms with Crippen LogP contribution >= 0.6 is 0 Å². The Morgan fingerprint density at radius 3 is 2.47 bits per heavy atom. The number of amides is 4. The molecular weight excluding hydrogens is 254 g/mol. The number of aliphatic carboxylic acids is 1. The van der Waals surface area contributed by atoms with Gasteiger partial charge in [0.15, 0.2) is 0 Å². The molecule has 19 heavy (non-hydrogen) atoms. The van der Waals surface area contributed by atoms with Crippen molar-refractivity contribution in [3.8, 4) is 0 Å². The van der Waals surface area contributed by atoms with Gasteiger partial charge in [-0.25, -0.2) is 4.79 Å². The van der Waals surface area contributed by atoms with E-state index >= 15 is 0 Å². The Balaban J connectivity index is 2.97. The van der Waals surface area contributed by atoms with Crippen LogP contribution in [0.3, 0.4) is 0 Å². The van der Waals surface area contributed by atoms with Crippen molar-refractivity contribution in [2.75, 3.05) is 19.6 Å². The molecule has 1 fully saturated rings. The van der Waals surface area contributed by atoms with Gasteiger partial charge < -0.3 is 14.9 Å². The molecule has 8 nitrogen and oxygen atoms in total. The summed E-state index contributed by atoms with van der Waals surface area (Å²) in [5.41, 5.74) is -1.20. The van der Waals surface area contributed by atoms with Gasteiger partial charge >= 0.3 is 12.0 Å². The van der Waals surface area contributed by atoms with Gasteiger partial charge in [-0.05, 0) is 20.8 Å². The van der Waals surface area contributed by atoms with Gasteiger partial charge in [0.1, 0.15) is 18.6 Å². The molecule has 0 saturated carbocycles. The number of carboxylic acids is 1. The third kappa shape index (κ3) is 3.01. The maximum absolute atomic E-state index is 12.2. The third-order valence-electron chi connectivity index (χ3n) is 2.99. The predicted molar refractivity (Wildman–Crippen MR) is 64.2 cm³/mol. The van der Waals surface area contributed by atoms with Gasteiger partial charge in [-0.1, -0.05) is 0 Å². The summed E-state index contributed by atoms with van der Waals surface area (Å²) in [6.07, 6.45) is 0. The molecule has 0 bridgehead atoms. The third-order valence-corrected chi connectivity index (χ3v) is 2.99. The molecular formula is C11H17N3O5. The summed E-state index contributed by atoms with van der Waals surface area (Å²) in [4.78, 5) is 48.1. The van der Waals surface area contributed by atoms with E-state index in [-0.39, 0.29) is 13.1 Å². The van der Waals surface area contributed by atoms with Crippen LogP contribution in [0.2, 0.25) is 0 Å². The number of urea groups is 1. The first-order chi connectivity index (χ1) is 8.70. The molecule has 4 amide bonds. The van der Waals surface area contributed by atoms with Crippen molar-refractivity contribution in [1.82, 2.24) is 15.1 Å². The minimum absolute atomic E-state index is 0.174. The van der Waals surface area contributed by atoms with Crippen LogP contribution < -0.4 is 5.32 Å². The highest BCUT2D eigenvalue weighted by Crippen LogP contribution is 2.20. The summed E-state index contributed by atoms with van der Waals surface area (Å²) in [6, 6.07) is -0.641. The monoisotopic (exact) mass is 271 g/mol. The lowest BCUT2D eigenvalue weighted by atomic mass is 9.99. The first-order valence-electron chi connectivity index (χ1n) is 5.82. The molecule has 2 N–H and O–H groups in total. The van der Waals surface area contributed by atoms with Crippen LogP contribution in [0.1, 0.15) is 20.8 Å². The molecule has 1 heterocycles. The second kappa shape index (κ2) is 5.25. The number of hydrogen-bond acceptors (Lipinski definition) is 4. The highest BCUT2D eigenvalue weighted by Gasteiger charge is 2.44. The predicted octanol–water partition coefficient (Wildman–Crippen LogP) is -0.750. The number of hydrogen-bond donors (Lipinski definition) is 2. The fraction of sp³-hybridized carbons (Fsp3) is 0.636. The summed E-state index contributed by atoms with van der Waals surface area (Å²) < 4.78 is 0. The molecule has 0 aliphatic carbocycles. The number of piperazine rings is 1. The van der Waals surface area contributed by atoms with E-state index in [1.54, 1.807) is 6.92 Å². The standard InChI is InChI=1S/C11H17N3O5/c1-4-13(6-8(16)17)10(19)14-5-7(15)12-9(18)11(14,2)3/h4-6H2,1-3H3,(H,16,17)(H,12,15,18). The van der Waals surface area contributed by atoms with Crippen LogP contribution in [-0.4, -0.2) is 63.9 Å². The van der Waals surface area contributed by atoms with E-state index in [1.807, 2.05) is 0 Å². The summed E-state index contributed by atoms with van der Waals surface area (Å²) in [6.45, 7) is 4.06. The molecule has 1 rings (SSSR count). The Morgan fingerprint density at radius 2 is 2.00 bits per heavy atom. The highest BCUT2D eigenvalue weighted by atomic mass is 16.4. The molecule has 0 radical (unpaired) electrons. The maximum atomic E-state index is 12.2. The van der Waals surface area contributed by atoms with E-state index in [9.17, 15) is 19.2 Å².